The van der Waals surface area contributed by atoms with Crippen LogP contribution in [0.1, 0.15) is 26.2 Å². The van der Waals surface area contributed by atoms with Crippen molar-refractivity contribution in [1.29, 1.82) is 0 Å². The maximum Gasteiger partial charge on any atom is 0.242 e. The quantitative estimate of drug-likeness (QED) is 0.846. The first kappa shape index (κ1) is 14.8. The van der Waals surface area contributed by atoms with Crippen LogP contribution in [0.4, 0.5) is 11.9 Å². The first-order valence-corrected chi connectivity index (χ1v) is 7.17. The maximum atomic E-state index is 11.9. The lowest BCUT2D eigenvalue weighted by molar-refractivity contribution is -0.121. The van der Waals surface area contributed by atoms with E-state index in [0.29, 0.717) is 11.9 Å². The Morgan fingerprint density at radius 3 is 2.95 bits per heavy atom. The van der Waals surface area contributed by atoms with Crippen LogP contribution in [-0.4, -0.2) is 47.0 Å². The van der Waals surface area contributed by atoms with Crippen molar-refractivity contribution < 1.29 is 4.79 Å². The summed E-state index contributed by atoms with van der Waals surface area (Å²) in [6.07, 6.45) is 2.68. The largest absolute Gasteiger partial charge is 0.357 e. The van der Waals surface area contributed by atoms with Crippen molar-refractivity contribution in [2.75, 3.05) is 30.4 Å². The second-order valence-electron chi connectivity index (χ2n) is 4.62. The van der Waals surface area contributed by atoms with Crippen molar-refractivity contribution in [1.82, 2.24) is 20.3 Å². The summed E-state index contributed by atoms with van der Waals surface area (Å²) in [6, 6.07) is -0.238. The number of hydrogen-bond donors (Lipinski definition) is 2. The topological polar surface area (TPSA) is 83.0 Å². The predicted octanol–water partition coefficient (Wildman–Crippen LogP) is 1.06. The zero-order chi connectivity index (χ0) is 14.5. The lowest BCUT2D eigenvalue weighted by Crippen LogP contribution is -2.42. The highest BCUT2D eigenvalue weighted by Crippen LogP contribution is 2.24. The Morgan fingerprint density at radius 1 is 1.45 bits per heavy atom. The maximum absolute atomic E-state index is 11.9. The molecule has 1 atom stereocenters. The van der Waals surface area contributed by atoms with E-state index >= 15 is 0 Å². The molecule has 110 valence electrons. The van der Waals surface area contributed by atoms with Crippen LogP contribution < -0.4 is 15.5 Å². The second-order valence-corrected chi connectivity index (χ2v) is 4.96. The molecule has 2 rings (SSSR count). The van der Waals surface area contributed by atoms with Crippen LogP contribution in [-0.2, 0) is 4.79 Å². The molecule has 2 heterocycles. The average Bonchev–Trinajstić information content (AvgIpc) is 2.93. The summed E-state index contributed by atoms with van der Waals surface area (Å²) in [5.41, 5.74) is 0. The molecule has 0 saturated carbocycles. The van der Waals surface area contributed by atoms with Crippen molar-refractivity contribution in [3.8, 4) is 0 Å². The number of aromatic nitrogens is 3. The number of nitrogens with one attached hydrogen (secondary N) is 2. The van der Waals surface area contributed by atoms with E-state index in [4.69, 9.17) is 11.6 Å². The van der Waals surface area contributed by atoms with Crippen LogP contribution in [0.25, 0.3) is 0 Å². The number of rotatable bonds is 5. The molecule has 1 fully saturated rings. The van der Waals surface area contributed by atoms with Crippen LogP contribution in [0.5, 0.6) is 0 Å². The summed E-state index contributed by atoms with van der Waals surface area (Å²) in [4.78, 5) is 26.3. The minimum Gasteiger partial charge on any atom is -0.357 e. The van der Waals surface area contributed by atoms with Crippen molar-refractivity contribution in [3.63, 3.8) is 0 Å². The van der Waals surface area contributed by atoms with E-state index in [1.807, 2.05) is 4.90 Å². The second kappa shape index (κ2) is 6.69. The molecule has 1 aromatic rings. The fraction of sp³-hybridized carbons (Fsp3) is 0.667. The molecule has 0 aliphatic carbocycles. The highest BCUT2D eigenvalue weighted by Gasteiger charge is 2.32. The number of halogens is 1. The summed E-state index contributed by atoms with van der Waals surface area (Å²) >= 11 is 5.94. The average molecular weight is 299 g/mol. The molecule has 2 N–H and O–H groups in total. The van der Waals surface area contributed by atoms with E-state index in [-0.39, 0.29) is 17.2 Å². The van der Waals surface area contributed by atoms with Gasteiger partial charge in [-0.3, -0.25) is 4.79 Å². The van der Waals surface area contributed by atoms with Gasteiger partial charge in [0.25, 0.3) is 0 Å². The van der Waals surface area contributed by atoms with Gasteiger partial charge in [-0.2, -0.15) is 15.0 Å². The lowest BCUT2D eigenvalue weighted by Gasteiger charge is -2.23. The van der Waals surface area contributed by atoms with E-state index in [1.165, 1.54) is 0 Å². The number of anilines is 2. The molecule has 1 aliphatic rings. The van der Waals surface area contributed by atoms with Crippen LogP contribution in [0.15, 0.2) is 0 Å². The van der Waals surface area contributed by atoms with Gasteiger partial charge >= 0.3 is 0 Å². The summed E-state index contributed by atoms with van der Waals surface area (Å²) in [6.45, 7) is 3.56. The lowest BCUT2D eigenvalue weighted by atomic mass is 10.2. The Bertz CT molecular complexity index is 483. The number of hydrogen-bond acceptors (Lipinski definition) is 6. The van der Waals surface area contributed by atoms with Gasteiger partial charge in [0.15, 0.2) is 0 Å². The molecule has 20 heavy (non-hydrogen) atoms. The molecule has 1 aromatic heterocycles. The third-order valence-corrected chi connectivity index (χ3v) is 3.36. The Balaban J connectivity index is 2.22. The minimum atomic E-state index is -0.238. The molecule has 7 nitrogen and oxygen atoms in total. The molecule has 8 heteroatoms. The molecule has 1 aliphatic heterocycles. The molecule has 0 radical (unpaired) electrons. The van der Waals surface area contributed by atoms with Crippen LogP contribution in [0, 0.1) is 0 Å². The smallest absolute Gasteiger partial charge is 0.242 e. The molecule has 0 aromatic carbocycles. The minimum absolute atomic E-state index is 0.0258. The molecular formula is C12H19ClN6O. The van der Waals surface area contributed by atoms with Crippen molar-refractivity contribution in [2.45, 2.75) is 32.2 Å². The SMILES string of the molecule is CCCNc1nc(Cl)nc(N2CCCC2C(=O)NC)n1. The third-order valence-electron chi connectivity index (χ3n) is 3.19. The molecule has 1 unspecified atom stereocenters. The Kier molecular flexibility index (Phi) is 4.94. The third kappa shape index (κ3) is 3.27. The summed E-state index contributed by atoms with van der Waals surface area (Å²) < 4.78 is 0. The summed E-state index contributed by atoms with van der Waals surface area (Å²) in [7, 11) is 1.63. The van der Waals surface area contributed by atoms with Gasteiger partial charge in [0, 0.05) is 20.1 Å². The van der Waals surface area contributed by atoms with Gasteiger partial charge in [0.2, 0.25) is 23.1 Å². The van der Waals surface area contributed by atoms with Gasteiger partial charge in [-0.1, -0.05) is 6.92 Å². The van der Waals surface area contributed by atoms with E-state index in [2.05, 4.69) is 32.5 Å². The van der Waals surface area contributed by atoms with E-state index in [0.717, 1.165) is 32.4 Å². The van der Waals surface area contributed by atoms with E-state index in [9.17, 15) is 4.79 Å². The number of carbonyl (C=O) groups is 1. The first-order chi connectivity index (χ1) is 9.65. The van der Waals surface area contributed by atoms with Gasteiger partial charge in [-0.25, -0.2) is 0 Å². The van der Waals surface area contributed by atoms with Crippen LogP contribution in [0.3, 0.4) is 0 Å². The van der Waals surface area contributed by atoms with Crippen LogP contribution in [0.2, 0.25) is 5.28 Å². The Labute approximate surface area is 123 Å². The normalized spacial score (nSPS) is 18.1. The molecule has 1 amide bonds. The standard InChI is InChI=1S/C12H19ClN6O/c1-3-6-15-11-16-10(13)17-12(18-11)19-7-4-5-8(19)9(20)14-2/h8H,3-7H2,1-2H3,(H,14,20)(H,15,16,17,18). The van der Waals surface area contributed by atoms with Gasteiger partial charge in [0.1, 0.15) is 6.04 Å². The van der Waals surface area contributed by atoms with Gasteiger partial charge in [0.05, 0.1) is 0 Å². The van der Waals surface area contributed by atoms with Crippen molar-refractivity contribution in [2.24, 2.45) is 0 Å². The van der Waals surface area contributed by atoms with Gasteiger partial charge < -0.3 is 15.5 Å². The highest BCUT2D eigenvalue weighted by atomic mass is 35.5. The summed E-state index contributed by atoms with van der Waals surface area (Å²) in [5, 5.41) is 5.89. The molecule has 0 bridgehead atoms. The first-order valence-electron chi connectivity index (χ1n) is 6.79. The van der Waals surface area contributed by atoms with E-state index < -0.39 is 0 Å². The monoisotopic (exact) mass is 298 g/mol. The van der Waals surface area contributed by atoms with E-state index in [1.54, 1.807) is 7.05 Å². The molecule has 0 spiro atoms. The Morgan fingerprint density at radius 2 is 2.25 bits per heavy atom. The highest BCUT2D eigenvalue weighted by molar-refractivity contribution is 6.28. The Hall–Kier alpha value is -1.63. The zero-order valence-electron chi connectivity index (χ0n) is 11.7. The predicted molar refractivity (Wildman–Crippen MR) is 78.1 cm³/mol. The summed E-state index contributed by atoms with van der Waals surface area (Å²) in [5.74, 6) is 0.876. The zero-order valence-corrected chi connectivity index (χ0v) is 12.4. The fourth-order valence-corrected chi connectivity index (χ4v) is 2.38. The fourth-order valence-electron chi connectivity index (χ4n) is 2.23. The van der Waals surface area contributed by atoms with Gasteiger partial charge in [-0.15, -0.1) is 0 Å². The number of nitrogens with zero attached hydrogens (tertiary/aromatic N) is 4. The molecular weight excluding hydrogens is 280 g/mol. The number of likely N-dealkylation sites (N-methyl/N-ethyl adjacent to an activating group) is 1. The number of carbonyl (C=O) groups excluding carboxylic acids is 1. The van der Waals surface area contributed by atoms with Gasteiger partial charge in [-0.05, 0) is 30.9 Å². The van der Waals surface area contributed by atoms with Crippen molar-refractivity contribution in [3.05, 3.63) is 5.28 Å². The molecule has 1 saturated heterocycles. The van der Waals surface area contributed by atoms with Crippen molar-refractivity contribution >= 4 is 29.4 Å². The van der Waals surface area contributed by atoms with Crippen LogP contribution >= 0.6 is 11.6 Å². The number of amides is 1.